The highest BCUT2D eigenvalue weighted by atomic mass is 35.5. The van der Waals surface area contributed by atoms with Crippen molar-refractivity contribution in [1.82, 2.24) is 25.1 Å². The van der Waals surface area contributed by atoms with E-state index in [1.54, 1.807) is 0 Å². The van der Waals surface area contributed by atoms with E-state index in [4.69, 9.17) is 0 Å². The molecule has 0 bridgehead atoms. The third kappa shape index (κ3) is 4.71. The minimum atomic E-state index is -0.241. The molecule has 2 heterocycles. The second kappa shape index (κ2) is 10.0. The third-order valence-corrected chi connectivity index (χ3v) is 5.97. The molecule has 32 heavy (non-hydrogen) atoms. The van der Waals surface area contributed by atoms with Gasteiger partial charge in [-0.25, -0.2) is 9.07 Å². The fourth-order valence-corrected chi connectivity index (χ4v) is 4.35. The molecule has 0 aliphatic carbocycles. The second-order valence-corrected chi connectivity index (χ2v) is 7.94. The molecule has 164 valence electrons. The highest BCUT2D eigenvalue weighted by Crippen LogP contribution is 2.32. The summed E-state index contributed by atoms with van der Waals surface area (Å²) < 4.78 is 15.6. The topological polar surface area (TPSA) is 46.8 Å². The Labute approximate surface area is 193 Å². The maximum Gasteiger partial charge on any atom is 0.173 e. The summed E-state index contributed by atoms with van der Waals surface area (Å²) in [6.45, 7) is 2.39. The van der Waals surface area contributed by atoms with Crippen molar-refractivity contribution < 1.29 is 4.39 Å². The van der Waals surface area contributed by atoms with Crippen LogP contribution >= 0.6 is 12.4 Å². The van der Waals surface area contributed by atoms with Crippen molar-refractivity contribution in [3.8, 4) is 0 Å². The largest absolute Gasteiger partial charge is 0.285 e. The van der Waals surface area contributed by atoms with E-state index in [0.29, 0.717) is 6.54 Å². The molecule has 0 amide bonds. The Morgan fingerprint density at radius 3 is 2.38 bits per heavy atom. The van der Waals surface area contributed by atoms with Gasteiger partial charge in [0, 0.05) is 19.6 Å². The molecule has 0 saturated carbocycles. The highest BCUT2D eigenvalue weighted by molar-refractivity contribution is 5.85. The average Bonchev–Trinajstić information content (AvgIpc) is 3.28. The number of benzene rings is 3. The van der Waals surface area contributed by atoms with Gasteiger partial charge in [-0.1, -0.05) is 66.7 Å². The lowest BCUT2D eigenvalue weighted by Gasteiger charge is -2.35. The average molecular weight is 450 g/mol. The van der Waals surface area contributed by atoms with Crippen molar-refractivity contribution in [3.05, 3.63) is 113 Å². The van der Waals surface area contributed by atoms with Gasteiger partial charge in [0.1, 0.15) is 5.82 Å². The molecular weight excluding hydrogens is 425 g/mol. The molecule has 1 aliphatic heterocycles. The van der Waals surface area contributed by atoms with Gasteiger partial charge in [-0.15, -0.1) is 17.5 Å². The lowest BCUT2D eigenvalue weighted by Crippen LogP contribution is -2.36. The predicted octanol–water partition coefficient (Wildman–Crippen LogP) is 4.62. The lowest BCUT2D eigenvalue weighted by molar-refractivity contribution is 0.194. The van der Waals surface area contributed by atoms with Crippen LogP contribution in [0.5, 0.6) is 0 Å². The Kier molecular flexibility index (Phi) is 6.93. The molecule has 1 aromatic heterocycles. The number of nitrogens with zero attached hydrogens (tertiary/aromatic N) is 5. The molecule has 4 aromatic rings. The zero-order valence-electron chi connectivity index (χ0n) is 17.6. The first kappa shape index (κ1) is 22.1. The van der Waals surface area contributed by atoms with Gasteiger partial charge in [-0.05, 0) is 57.7 Å². The van der Waals surface area contributed by atoms with Crippen molar-refractivity contribution in [2.24, 2.45) is 0 Å². The molecule has 1 aliphatic rings. The number of fused-ring (bicyclic) bond motifs is 1. The fourth-order valence-electron chi connectivity index (χ4n) is 4.35. The molecule has 0 radical (unpaired) electrons. The van der Waals surface area contributed by atoms with Gasteiger partial charge < -0.3 is 0 Å². The molecule has 3 aromatic carbocycles. The fraction of sp³-hybridized carbons (Fsp3) is 0.240. The van der Waals surface area contributed by atoms with Crippen LogP contribution in [-0.4, -0.2) is 31.7 Å². The van der Waals surface area contributed by atoms with E-state index < -0.39 is 0 Å². The van der Waals surface area contributed by atoms with Crippen LogP contribution in [-0.2, 0) is 25.9 Å². The van der Waals surface area contributed by atoms with Crippen LogP contribution < -0.4 is 0 Å². The first-order valence-corrected chi connectivity index (χ1v) is 10.6. The van der Waals surface area contributed by atoms with Gasteiger partial charge in [0.15, 0.2) is 5.82 Å². The predicted molar refractivity (Wildman–Crippen MR) is 124 cm³/mol. The van der Waals surface area contributed by atoms with Gasteiger partial charge in [0.05, 0.1) is 6.04 Å². The molecule has 5 nitrogen and oxygen atoms in total. The number of halogens is 2. The van der Waals surface area contributed by atoms with Crippen LogP contribution in [0.15, 0.2) is 78.9 Å². The van der Waals surface area contributed by atoms with Gasteiger partial charge >= 0.3 is 0 Å². The van der Waals surface area contributed by atoms with E-state index in [-0.39, 0.29) is 24.3 Å². The molecule has 0 fully saturated rings. The number of hydrogen-bond donors (Lipinski definition) is 0. The molecule has 0 spiro atoms. The van der Waals surface area contributed by atoms with Gasteiger partial charge in [-0.3, -0.25) is 4.90 Å². The molecule has 1 unspecified atom stereocenters. The number of hydrogen-bond acceptors (Lipinski definition) is 4. The minimum absolute atomic E-state index is 0. The first-order valence-electron chi connectivity index (χ1n) is 10.6. The quantitative estimate of drug-likeness (QED) is 0.430. The van der Waals surface area contributed by atoms with E-state index in [0.717, 1.165) is 37.3 Å². The molecular formula is C25H25ClFN5. The number of aromatic nitrogens is 4. The van der Waals surface area contributed by atoms with E-state index in [9.17, 15) is 4.39 Å². The summed E-state index contributed by atoms with van der Waals surface area (Å²) in [6, 6.07) is 25.5. The number of aryl methyl sites for hydroxylation is 2. The lowest BCUT2D eigenvalue weighted by atomic mass is 9.96. The molecule has 5 rings (SSSR count). The van der Waals surface area contributed by atoms with Crippen LogP contribution in [0.4, 0.5) is 4.39 Å². The standard InChI is InChI=1S/C25H24FN5.ClH/c26-23-12-10-21(11-13-23)24(30-16-15-20-8-4-5-9-22(20)18-30)25-27-28-29-31(25)17-14-19-6-2-1-3-7-19;/h1-13,24H,14-18H2;1H. The maximum atomic E-state index is 13.7. The summed E-state index contributed by atoms with van der Waals surface area (Å²) in [7, 11) is 0. The monoisotopic (exact) mass is 449 g/mol. The SMILES string of the molecule is Cl.Fc1ccc(C(c2nnnn2CCc2ccccc2)N2CCc3ccccc3C2)cc1. The van der Waals surface area contributed by atoms with Crippen molar-refractivity contribution in [2.45, 2.75) is 32.0 Å². The zero-order valence-corrected chi connectivity index (χ0v) is 18.5. The van der Waals surface area contributed by atoms with Crippen molar-refractivity contribution in [2.75, 3.05) is 6.54 Å². The second-order valence-electron chi connectivity index (χ2n) is 7.94. The van der Waals surface area contributed by atoms with Crippen molar-refractivity contribution in [1.29, 1.82) is 0 Å². The zero-order chi connectivity index (χ0) is 21.0. The normalized spacial score (nSPS) is 14.4. The summed E-state index contributed by atoms with van der Waals surface area (Å²) in [5, 5.41) is 12.7. The van der Waals surface area contributed by atoms with Crippen LogP contribution in [0.25, 0.3) is 0 Å². The van der Waals surface area contributed by atoms with Gasteiger partial charge in [0.2, 0.25) is 0 Å². The third-order valence-electron chi connectivity index (χ3n) is 5.97. The number of rotatable bonds is 6. The van der Waals surface area contributed by atoms with E-state index in [1.165, 1.54) is 28.8 Å². The Morgan fingerprint density at radius 2 is 1.59 bits per heavy atom. The molecule has 0 saturated heterocycles. The summed E-state index contributed by atoms with van der Waals surface area (Å²) >= 11 is 0. The number of tetrazole rings is 1. The van der Waals surface area contributed by atoms with Crippen LogP contribution in [0.2, 0.25) is 0 Å². The van der Waals surface area contributed by atoms with Crippen molar-refractivity contribution >= 4 is 12.4 Å². The van der Waals surface area contributed by atoms with E-state index >= 15 is 0 Å². The van der Waals surface area contributed by atoms with Gasteiger partial charge in [0.25, 0.3) is 0 Å². The van der Waals surface area contributed by atoms with Crippen molar-refractivity contribution in [3.63, 3.8) is 0 Å². The van der Waals surface area contributed by atoms with Crippen LogP contribution in [0.1, 0.15) is 34.1 Å². The first-order chi connectivity index (χ1) is 15.3. The molecule has 1 atom stereocenters. The maximum absolute atomic E-state index is 13.7. The highest BCUT2D eigenvalue weighted by Gasteiger charge is 2.30. The minimum Gasteiger partial charge on any atom is -0.285 e. The Balaban J connectivity index is 0.00000245. The Bertz CT molecular complexity index is 1150. The summed E-state index contributed by atoms with van der Waals surface area (Å²) in [4.78, 5) is 2.39. The Morgan fingerprint density at radius 1 is 0.875 bits per heavy atom. The Hall–Kier alpha value is -3.09. The molecule has 7 heteroatoms. The van der Waals surface area contributed by atoms with E-state index in [1.807, 2.05) is 35.0 Å². The van der Waals surface area contributed by atoms with Crippen LogP contribution in [0, 0.1) is 5.82 Å². The molecule has 0 N–H and O–H groups in total. The van der Waals surface area contributed by atoms with Gasteiger partial charge in [-0.2, -0.15) is 0 Å². The smallest absolute Gasteiger partial charge is 0.173 e. The van der Waals surface area contributed by atoms with E-state index in [2.05, 4.69) is 56.8 Å². The summed E-state index contributed by atoms with van der Waals surface area (Å²) in [5.74, 6) is 0.553. The summed E-state index contributed by atoms with van der Waals surface area (Å²) in [6.07, 6.45) is 1.82. The summed E-state index contributed by atoms with van der Waals surface area (Å²) in [5.41, 5.74) is 4.95. The van der Waals surface area contributed by atoms with Crippen LogP contribution in [0.3, 0.4) is 0 Å².